The summed E-state index contributed by atoms with van der Waals surface area (Å²) in [6.45, 7) is 0.507. The quantitative estimate of drug-likeness (QED) is 0.826. The molecular formula is C19H21NO3. The van der Waals surface area contributed by atoms with Crippen molar-refractivity contribution in [2.75, 3.05) is 13.2 Å². The van der Waals surface area contributed by atoms with Crippen LogP contribution in [-0.2, 0) is 0 Å². The third-order valence-electron chi connectivity index (χ3n) is 3.99. The third kappa shape index (κ3) is 4.11. The van der Waals surface area contributed by atoms with E-state index in [1.165, 1.54) is 12.8 Å². The molecule has 0 bridgehead atoms. The Bertz CT molecular complexity index is 653. The minimum Gasteiger partial charge on any atom is -0.492 e. The predicted octanol–water partition coefficient (Wildman–Crippen LogP) is 2.94. The number of amides is 1. The van der Waals surface area contributed by atoms with Gasteiger partial charge in [-0.1, -0.05) is 42.5 Å². The molecule has 1 atom stereocenters. The second-order valence-electron chi connectivity index (χ2n) is 5.87. The van der Waals surface area contributed by atoms with Crippen molar-refractivity contribution in [3.05, 3.63) is 65.7 Å². The van der Waals surface area contributed by atoms with Crippen molar-refractivity contribution < 1.29 is 14.6 Å². The summed E-state index contributed by atoms with van der Waals surface area (Å²) in [4.78, 5) is 12.6. The number of nitrogens with one attached hydrogen (secondary N) is 1. The predicted molar refractivity (Wildman–Crippen MR) is 88.4 cm³/mol. The molecule has 4 heteroatoms. The minimum atomic E-state index is -0.430. The molecule has 0 saturated heterocycles. The molecule has 0 unspecified atom stereocenters. The maximum atomic E-state index is 12.6. The van der Waals surface area contributed by atoms with E-state index in [9.17, 15) is 9.90 Å². The molecular weight excluding hydrogens is 290 g/mol. The van der Waals surface area contributed by atoms with E-state index in [4.69, 9.17) is 4.74 Å². The lowest BCUT2D eigenvalue weighted by Gasteiger charge is -2.18. The molecule has 0 radical (unpaired) electrons. The Morgan fingerprint density at radius 2 is 1.83 bits per heavy atom. The number of aliphatic hydroxyl groups excluding tert-OH is 1. The van der Waals surface area contributed by atoms with Gasteiger partial charge in [0.05, 0.1) is 24.8 Å². The monoisotopic (exact) mass is 311 g/mol. The van der Waals surface area contributed by atoms with Crippen LogP contribution in [0.1, 0.15) is 34.8 Å². The summed E-state index contributed by atoms with van der Waals surface area (Å²) >= 11 is 0. The van der Waals surface area contributed by atoms with Gasteiger partial charge in [0.15, 0.2) is 0 Å². The van der Waals surface area contributed by atoms with Gasteiger partial charge in [0.1, 0.15) is 5.75 Å². The average molecular weight is 311 g/mol. The fourth-order valence-corrected chi connectivity index (χ4v) is 2.43. The summed E-state index contributed by atoms with van der Waals surface area (Å²) in [6, 6.07) is 16.3. The maximum Gasteiger partial charge on any atom is 0.255 e. The zero-order chi connectivity index (χ0) is 16.1. The molecule has 1 aliphatic rings. The van der Waals surface area contributed by atoms with Gasteiger partial charge in [-0.25, -0.2) is 0 Å². The lowest BCUT2D eigenvalue weighted by atomic mass is 10.1. The first-order valence-electron chi connectivity index (χ1n) is 7.96. The zero-order valence-corrected chi connectivity index (χ0v) is 12.9. The normalized spacial score (nSPS) is 15.0. The molecule has 1 fully saturated rings. The molecule has 2 N–H and O–H groups in total. The van der Waals surface area contributed by atoms with E-state index in [1.807, 2.05) is 48.5 Å². The molecule has 2 aromatic carbocycles. The van der Waals surface area contributed by atoms with Crippen LogP contribution in [0.4, 0.5) is 0 Å². The molecule has 2 aromatic rings. The van der Waals surface area contributed by atoms with Crippen molar-refractivity contribution in [1.29, 1.82) is 0 Å². The lowest BCUT2D eigenvalue weighted by Crippen LogP contribution is -2.31. The number of rotatable bonds is 7. The Morgan fingerprint density at radius 3 is 2.52 bits per heavy atom. The Labute approximate surface area is 136 Å². The van der Waals surface area contributed by atoms with Crippen molar-refractivity contribution in [1.82, 2.24) is 5.32 Å². The summed E-state index contributed by atoms with van der Waals surface area (Å²) in [6.07, 6.45) is 2.41. The van der Waals surface area contributed by atoms with E-state index in [-0.39, 0.29) is 12.5 Å². The molecule has 0 heterocycles. The smallest absolute Gasteiger partial charge is 0.255 e. The molecule has 0 aromatic heterocycles. The Balaban J connectivity index is 1.71. The largest absolute Gasteiger partial charge is 0.492 e. The summed E-state index contributed by atoms with van der Waals surface area (Å²) < 4.78 is 5.78. The number of ether oxygens (including phenoxy) is 1. The lowest BCUT2D eigenvalue weighted by molar-refractivity contribution is 0.0912. The van der Waals surface area contributed by atoms with Crippen LogP contribution in [0, 0.1) is 5.92 Å². The molecule has 0 aliphatic heterocycles. The number of hydrogen-bond donors (Lipinski definition) is 2. The first-order chi connectivity index (χ1) is 11.3. The van der Waals surface area contributed by atoms with E-state index < -0.39 is 6.04 Å². The van der Waals surface area contributed by atoms with Crippen molar-refractivity contribution in [3.63, 3.8) is 0 Å². The molecule has 3 rings (SSSR count). The molecule has 23 heavy (non-hydrogen) atoms. The first-order valence-corrected chi connectivity index (χ1v) is 7.96. The molecule has 1 saturated carbocycles. The van der Waals surface area contributed by atoms with Crippen molar-refractivity contribution in [3.8, 4) is 5.75 Å². The van der Waals surface area contributed by atoms with Gasteiger partial charge in [0.2, 0.25) is 0 Å². The average Bonchev–Trinajstić information content (AvgIpc) is 3.43. The van der Waals surface area contributed by atoms with E-state index in [1.54, 1.807) is 6.07 Å². The number of benzene rings is 2. The second-order valence-corrected chi connectivity index (χ2v) is 5.87. The minimum absolute atomic E-state index is 0.152. The first kappa shape index (κ1) is 15.6. The zero-order valence-electron chi connectivity index (χ0n) is 12.9. The number of carbonyl (C=O) groups is 1. The van der Waals surface area contributed by atoms with Crippen LogP contribution in [0.5, 0.6) is 5.75 Å². The highest BCUT2D eigenvalue weighted by molar-refractivity contribution is 5.97. The van der Waals surface area contributed by atoms with Gasteiger partial charge < -0.3 is 15.2 Å². The molecule has 120 valence electrons. The SMILES string of the molecule is O=C(N[C@H](CO)c1ccccc1)c1ccccc1OCC1CC1. The van der Waals surface area contributed by atoms with Gasteiger partial charge in [-0.05, 0) is 36.5 Å². The van der Waals surface area contributed by atoms with Crippen LogP contribution in [0.2, 0.25) is 0 Å². The number of hydrogen-bond acceptors (Lipinski definition) is 3. The van der Waals surface area contributed by atoms with Gasteiger partial charge in [-0.15, -0.1) is 0 Å². The van der Waals surface area contributed by atoms with Gasteiger partial charge in [-0.2, -0.15) is 0 Å². The summed E-state index contributed by atoms with van der Waals surface area (Å²) in [5, 5.41) is 12.5. The topological polar surface area (TPSA) is 58.6 Å². The second kappa shape index (κ2) is 7.29. The van der Waals surface area contributed by atoms with Crippen molar-refractivity contribution >= 4 is 5.91 Å². The molecule has 0 spiro atoms. The van der Waals surface area contributed by atoms with Crippen LogP contribution >= 0.6 is 0 Å². The Hall–Kier alpha value is -2.33. The molecule has 1 amide bonds. The summed E-state index contributed by atoms with van der Waals surface area (Å²) in [5.41, 5.74) is 1.38. The Morgan fingerprint density at radius 1 is 1.13 bits per heavy atom. The standard InChI is InChI=1S/C19H21NO3/c21-12-17(15-6-2-1-3-7-15)20-19(22)16-8-4-5-9-18(16)23-13-14-10-11-14/h1-9,14,17,21H,10-13H2,(H,20,22)/t17-/m1/s1. The highest BCUT2D eigenvalue weighted by atomic mass is 16.5. The van der Waals surface area contributed by atoms with Crippen LogP contribution in [-0.4, -0.2) is 24.2 Å². The van der Waals surface area contributed by atoms with Gasteiger partial charge in [-0.3, -0.25) is 4.79 Å². The van der Waals surface area contributed by atoms with Gasteiger partial charge >= 0.3 is 0 Å². The van der Waals surface area contributed by atoms with E-state index in [0.717, 1.165) is 5.56 Å². The van der Waals surface area contributed by atoms with E-state index >= 15 is 0 Å². The number of aliphatic hydroxyl groups is 1. The van der Waals surface area contributed by atoms with Crippen LogP contribution < -0.4 is 10.1 Å². The van der Waals surface area contributed by atoms with E-state index in [0.29, 0.717) is 23.8 Å². The molecule has 1 aliphatic carbocycles. The number of para-hydroxylation sites is 1. The van der Waals surface area contributed by atoms with E-state index in [2.05, 4.69) is 5.32 Å². The maximum absolute atomic E-state index is 12.6. The fourth-order valence-electron chi connectivity index (χ4n) is 2.43. The molecule has 4 nitrogen and oxygen atoms in total. The summed E-state index contributed by atoms with van der Waals surface area (Å²) in [5.74, 6) is 0.988. The van der Waals surface area contributed by atoms with Gasteiger partial charge in [0.25, 0.3) is 5.91 Å². The highest BCUT2D eigenvalue weighted by Crippen LogP contribution is 2.30. The van der Waals surface area contributed by atoms with Crippen molar-refractivity contribution in [2.45, 2.75) is 18.9 Å². The van der Waals surface area contributed by atoms with Crippen molar-refractivity contribution in [2.24, 2.45) is 5.92 Å². The number of carbonyl (C=O) groups excluding carboxylic acids is 1. The fraction of sp³-hybridized carbons (Fsp3) is 0.316. The highest BCUT2D eigenvalue weighted by Gasteiger charge is 2.23. The van der Waals surface area contributed by atoms with Gasteiger partial charge in [0, 0.05) is 0 Å². The van der Waals surface area contributed by atoms with Crippen LogP contribution in [0.25, 0.3) is 0 Å². The van der Waals surface area contributed by atoms with Crippen LogP contribution in [0.3, 0.4) is 0 Å². The summed E-state index contributed by atoms with van der Waals surface area (Å²) in [7, 11) is 0. The Kier molecular flexibility index (Phi) is 4.93. The third-order valence-corrected chi connectivity index (χ3v) is 3.99. The van der Waals surface area contributed by atoms with Crippen LogP contribution in [0.15, 0.2) is 54.6 Å².